The van der Waals surface area contributed by atoms with Gasteiger partial charge in [-0.2, -0.15) is 0 Å². The number of fused-ring (bicyclic) bond motifs is 3. The molecule has 0 unspecified atom stereocenters. The maximum absolute atomic E-state index is 11.4. The molecular formula is C48H66N6O9. The second-order valence-corrected chi connectivity index (χ2v) is 16.7. The number of phenols is 3. The summed E-state index contributed by atoms with van der Waals surface area (Å²) >= 11 is 0. The predicted molar refractivity (Wildman–Crippen MR) is 251 cm³/mol. The third-order valence-electron chi connectivity index (χ3n) is 10.8. The highest BCUT2D eigenvalue weighted by molar-refractivity contribution is 5.89. The van der Waals surface area contributed by atoms with Crippen LogP contribution in [0.2, 0.25) is 0 Å². The third-order valence-corrected chi connectivity index (χ3v) is 10.8. The van der Waals surface area contributed by atoms with Crippen LogP contribution in [0.15, 0.2) is 87.2 Å². The standard InChI is InChI=1S/3C16H22N2O3/c3*1-4-12(17-9(2)3)16(21)11-5-7-13(19)15-10(11)6-8-14(20)18-15/h3*5-9,12,16-17,19,21H,4H2,1-3H3,(H,18,20)/t3*12-,16+/m000/s1. The molecule has 0 aliphatic carbocycles. The minimum Gasteiger partial charge on any atom is -0.506 e. The average molecular weight is 871 g/mol. The Kier molecular flexibility index (Phi) is 18.0. The van der Waals surface area contributed by atoms with E-state index in [4.69, 9.17) is 0 Å². The van der Waals surface area contributed by atoms with Gasteiger partial charge in [-0.15, -0.1) is 0 Å². The molecule has 0 saturated carbocycles. The Morgan fingerprint density at radius 3 is 0.857 bits per heavy atom. The van der Waals surface area contributed by atoms with Gasteiger partial charge in [-0.1, -0.05) is 80.5 Å². The molecule has 15 heteroatoms. The summed E-state index contributed by atoms with van der Waals surface area (Å²) in [5, 5.41) is 73.6. The van der Waals surface area contributed by atoms with Gasteiger partial charge in [0.05, 0.1) is 34.9 Å². The Labute approximate surface area is 367 Å². The number of phenolic OH excluding ortho intramolecular Hbond substituents is 3. The molecule has 3 aromatic carbocycles. The number of aromatic amines is 3. The summed E-state index contributed by atoms with van der Waals surface area (Å²) in [5.74, 6) is 0.00977. The molecule has 0 fully saturated rings. The number of aliphatic hydroxyl groups excluding tert-OH is 3. The van der Waals surface area contributed by atoms with Gasteiger partial charge >= 0.3 is 0 Å². The molecule has 0 radical (unpaired) electrons. The van der Waals surface area contributed by atoms with Crippen molar-refractivity contribution in [3.05, 3.63) is 121 Å². The highest BCUT2D eigenvalue weighted by Crippen LogP contribution is 2.33. The Bertz CT molecular complexity index is 2320. The van der Waals surface area contributed by atoms with Crippen LogP contribution in [0.1, 0.15) is 117 Å². The molecule has 0 bridgehead atoms. The van der Waals surface area contributed by atoms with Crippen molar-refractivity contribution in [1.82, 2.24) is 30.9 Å². The number of benzene rings is 3. The number of H-pyrrole nitrogens is 3. The van der Waals surface area contributed by atoms with Crippen LogP contribution in [0, 0.1) is 0 Å². The number of hydrogen-bond donors (Lipinski definition) is 12. The topological polar surface area (TPSA) is 256 Å². The molecule has 6 rings (SSSR count). The van der Waals surface area contributed by atoms with Gasteiger partial charge in [-0.3, -0.25) is 14.4 Å². The van der Waals surface area contributed by atoms with Crippen molar-refractivity contribution in [2.45, 2.75) is 136 Å². The molecule has 0 amide bonds. The summed E-state index contributed by atoms with van der Waals surface area (Å²) in [6.45, 7) is 18.2. The number of hydrogen-bond acceptors (Lipinski definition) is 12. The quantitative estimate of drug-likeness (QED) is 0.0557. The molecule has 0 aliphatic heterocycles. The zero-order valence-corrected chi connectivity index (χ0v) is 37.7. The first-order valence-corrected chi connectivity index (χ1v) is 21.7. The van der Waals surface area contributed by atoms with Crippen LogP contribution in [0.4, 0.5) is 0 Å². The highest BCUT2D eigenvalue weighted by Gasteiger charge is 2.25. The van der Waals surface area contributed by atoms with Crippen molar-refractivity contribution < 1.29 is 30.6 Å². The lowest BCUT2D eigenvalue weighted by Crippen LogP contribution is -2.39. The normalized spacial score (nSPS) is 14.5. The monoisotopic (exact) mass is 870 g/mol. The lowest BCUT2D eigenvalue weighted by atomic mass is 9.95. The van der Waals surface area contributed by atoms with Crippen molar-refractivity contribution >= 4 is 32.7 Å². The van der Waals surface area contributed by atoms with Gasteiger partial charge in [0, 0.05) is 70.6 Å². The second-order valence-electron chi connectivity index (χ2n) is 16.7. The van der Waals surface area contributed by atoms with Gasteiger partial charge in [0.1, 0.15) is 17.2 Å². The molecule has 342 valence electrons. The molecule has 15 nitrogen and oxygen atoms in total. The van der Waals surface area contributed by atoms with Gasteiger partial charge < -0.3 is 61.5 Å². The minimum atomic E-state index is -0.716. The summed E-state index contributed by atoms with van der Waals surface area (Å²) in [7, 11) is 0. The summed E-state index contributed by atoms with van der Waals surface area (Å²) < 4.78 is 0. The molecule has 6 aromatic rings. The number of aliphatic hydroxyl groups is 3. The number of pyridine rings is 3. The van der Waals surface area contributed by atoms with E-state index in [2.05, 4.69) is 30.9 Å². The third kappa shape index (κ3) is 12.8. The van der Waals surface area contributed by atoms with Crippen molar-refractivity contribution in [3.8, 4) is 17.2 Å². The molecule has 3 heterocycles. The fourth-order valence-electron chi connectivity index (χ4n) is 7.78. The van der Waals surface area contributed by atoms with Crippen LogP contribution >= 0.6 is 0 Å². The van der Waals surface area contributed by atoms with Crippen LogP contribution < -0.4 is 32.6 Å². The van der Waals surface area contributed by atoms with Crippen LogP contribution in [0.3, 0.4) is 0 Å². The van der Waals surface area contributed by atoms with E-state index in [0.717, 1.165) is 19.3 Å². The molecule has 63 heavy (non-hydrogen) atoms. The van der Waals surface area contributed by atoms with Crippen LogP contribution in [0.5, 0.6) is 17.2 Å². The van der Waals surface area contributed by atoms with E-state index in [9.17, 15) is 45.0 Å². The van der Waals surface area contributed by atoms with Crippen molar-refractivity contribution in [1.29, 1.82) is 0 Å². The molecule has 0 aliphatic rings. The molecular weight excluding hydrogens is 805 g/mol. The predicted octanol–water partition coefficient (Wildman–Crippen LogP) is 6.13. The van der Waals surface area contributed by atoms with Crippen LogP contribution in [-0.2, 0) is 0 Å². The minimum absolute atomic E-state index is 0.00326. The summed E-state index contributed by atoms with van der Waals surface area (Å²) in [4.78, 5) is 42.1. The fraction of sp³-hybridized carbons (Fsp3) is 0.438. The first-order chi connectivity index (χ1) is 29.8. The SMILES string of the molecule is CC[C@H](NC(C)C)[C@H](O)c1ccc(O)c2[nH]c(=O)ccc12.CC[C@H](NC(C)C)[C@H](O)c1ccc(O)c2[nH]c(=O)ccc12.CC[C@H](NC(C)C)[C@H](O)c1ccc(O)c2[nH]c(=O)ccc12. The smallest absolute Gasteiger partial charge is 0.248 e. The lowest BCUT2D eigenvalue weighted by molar-refractivity contribution is 0.122. The van der Waals surface area contributed by atoms with Gasteiger partial charge in [0.15, 0.2) is 0 Å². The second kappa shape index (κ2) is 22.7. The van der Waals surface area contributed by atoms with Gasteiger partial charge in [0.25, 0.3) is 0 Å². The van der Waals surface area contributed by atoms with E-state index in [1.165, 1.54) is 36.4 Å². The molecule has 3 aromatic heterocycles. The van der Waals surface area contributed by atoms with Crippen LogP contribution in [-0.4, -0.2) is 81.8 Å². The number of nitrogens with one attached hydrogen (secondary N) is 6. The highest BCUT2D eigenvalue weighted by atomic mass is 16.3. The van der Waals surface area contributed by atoms with E-state index < -0.39 is 18.3 Å². The van der Waals surface area contributed by atoms with E-state index in [1.54, 1.807) is 36.4 Å². The van der Waals surface area contributed by atoms with Crippen LogP contribution in [0.25, 0.3) is 32.7 Å². The molecule has 12 N–H and O–H groups in total. The summed E-state index contributed by atoms with van der Waals surface area (Å²) in [6.07, 6.45) is 0.158. The summed E-state index contributed by atoms with van der Waals surface area (Å²) in [5.41, 5.74) is 2.32. The van der Waals surface area contributed by atoms with Gasteiger partial charge in [0.2, 0.25) is 16.7 Å². The first kappa shape index (κ1) is 50.1. The van der Waals surface area contributed by atoms with E-state index >= 15 is 0 Å². The number of aromatic nitrogens is 3. The van der Waals surface area contributed by atoms with Gasteiger partial charge in [-0.05, 0) is 72.4 Å². The molecule has 0 saturated heterocycles. The Morgan fingerprint density at radius 1 is 0.413 bits per heavy atom. The zero-order chi connectivity index (χ0) is 46.7. The van der Waals surface area contributed by atoms with E-state index in [0.29, 0.717) is 49.4 Å². The Hall–Kier alpha value is -5.55. The van der Waals surface area contributed by atoms with E-state index in [-0.39, 0.29) is 70.2 Å². The van der Waals surface area contributed by atoms with Crippen molar-refractivity contribution in [2.75, 3.05) is 0 Å². The maximum Gasteiger partial charge on any atom is 0.248 e. The van der Waals surface area contributed by atoms with Crippen molar-refractivity contribution in [3.63, 3.8) is 0 Å². The van der Waals surface area contributed by atoms with Gasteiger partial charge in [-0.25, -0.2) is 0 Å². The largest absolute Gasteiger partial charge is 0.506 e. The molecule has 0 spiro atoms. The maximum atomic E-state index is 11.4. The van der Waals surface area contributed by atoms with Crippen molar-refractivity contribution in [2.24, 2.45) is 0 Å². The first-order valence-electron chi connectivity index (χ1n) is 21.7. The zero-order valence-electron chi connectivity index (χ0n) is 37.7. The Balaban J connectivity index is 0.000000207. The lowest BCUT2D eigenvalue weighted by Gasteiger charge is -2.26. The number of rotatable bonds is 15. The molecule has 6 atom stereocenters. The summed E-state index contributed by atoms with van der Waals surface area (Å²) in [6, 6.07) is 19.2. The number of aromatic hydroxyl groups is 3. The fourth-order valence-corrected chi connectivity index (χ4v) is 7.78. The Morgan fingerprint density at radius 2 is 0.651 bits per heavy atom. The average Bonchev–Trinajstić information content (AvgIpc) is 3.24. The van der Waals surface area contributed by atoms with E-state index in [1.807, 2.05) is 62.3 Å².